The van der Waals surface area contributed by atoms with Crippen molar-refractivity contribution in [1.29, 1.82) is 0 Å². The molecule has 1 saturated carbocycles. The van der Waals surface area contributed by atoms with Crippen LogP contribution in [0.1, 0.15) is 51.5 Å². The SMILES string of the molecule is CC(C)(CS(=O)(=O)CC=C1CCCCC1)c1ccccc1. The first-order chi connectivity index (χ1) is 9.89. The van der Waals surface area contributed by atoms with Crippen LogP contribution in [0.5, 0.6) is 0 Å². The van der Waals surface area contributed by atoms with Gasteiger partial charge in [-0.1, -0.05) is 62.2 Å². The van der Waals surface area contributed by atoms with E-state index in [0.29, 0.717) is 0 Å². The summed E-state index contributed by atoms with van der Waals surface area (Å²) in [6, 6.07) is 9.91. The molecule has 0 heterocycles. The van der Waals surface area contributed by atoms with Gasteiger partial charge in [-0.3, -0.25) is 0 Å². The average molecular weight is 306 g/mol. The molecule has 0 amide bonds. The van der Waals surface area contributed by atoms with Crippen molar-refractivity contribution in [1.82, 2.24) is 0 Å². The Kier molecular flexibility index (Phi) is 5.26. The molecule has 0 bridgehead atoms. The number of hydrogen-bond acceptors (Lipinski definition) is 2. The molecule has 116 valence electrons. The highest BCUT2D eigenvalue weighted by Crippen LogP contribution is 2.26. The summed E-state index contributed by atoms with van der Waals surface area (Å²) in [7, 11) is -3.06. The summed E-state index contributed by atoms with van der Waals surface area (Å²) < 4.78 is 24.8. The molecule has 1 fully saturated rings. The molecular formula is C18H26O2S. The van der Waals surface area contributed by atoms with E-state index in [1.807, 2.05) is 50.3 Å². The molecule has 0 aliphatic heterocycles. The zero-order valence-electron chi connectivity index (χ0n) is 13.1. The standard InChI is InChI=1S/C18H26O2S/c1-18(2,17-11-7-4-8-12-17)15-21(19,20)14-13-16-9-5-3-6-10-16/h4,7-8,11-13H,3,5-6,9-10,14-15H2,1-2H3. The predicted octanol–water partition coefficient (Wildman–Crippen LogP) is 4.27. The minimum absolute atomic E-state index is 0.193. The van der Waals surface area contributed by atoms with Crippen molar-refractivity contribution in [3.8, 4) is 0 Å². The lowest BCUT2D eigenvalue weighted by atomic mass is 9.87. The molecule has 0 N–H and O–H groups in total. The van der Waals surface area contributed by atoms with Crippen LogP contribution in [-0.4, -0.2) is 19.9 Å². The zero-order valence-corrected chi connectivity index (χ0v) is 14.0. The Balaban J connectivity index is 2.03. The highest BCUT2D eigenvalue weighted by molar-refractivity contribution is 7.91. The molecule has 0 saturated heterocycles. The predicted molar refractivity (Wildman–Crippen MR) is 89.3 cm³/mol. The normalized spacial score (nSPS) is 16.8. The lowest BCUT2D eigenvalue weighted by molar-refractivity contribution is 0.549. The van der Waals surface area contributed by atoms with Crippen LogP contribution < -0.4 is 0 Å². The summed E-state index contributed by atoms with van der Waals surface area (Å²) in [5.74, 6) is 0.395. The summed E-state index contributed by atoms with van der Waals surface area (Å²) >= 11 is 0. The van der Waals surface area contributed by atoms with Crippen molar-refractivity contribution >= 4 is 9.84 Å². The van der Waals surface area contributed by atoms with Gasteiger partial charge in [0, 0.05) is 5.41 Å². The maximum atomic E-state index is 12.4. The molecule has 1 aromatic carbocycles. The van der Waals surface area contributed by atoms with Crippen molar-refractivity contribution in [2.24, 2.45) is 0 Å². The summed E-state index contributed by atoms with van der Waals surface area (Å²) in [4.78, 5) is 0. The summed E-state index contributed by atoms with van der Waals surface area (Å²) in [6.45, 7) is 4.02. The Morgan fingerprint density at radius 1 is 1.05 bits per heavy atom. The summed E-state index contributed by atoms with van der Waals surface area (Å²) in [6.07, 6.45) is 7.83. The van der Waals surface area contributed by atoms with E-state index >= 15 is 0 Å². The van der Waals surface area contributed by atoms with Crippen LogP contribution in [0.3, 0.4) is 0 Å². The van der Waals surface area contributed by atoms with Crippen LogP contribution in [0, 0.1) is 0 Å². The van der Waals surface area contributed by atoms with Crippen LogP contribution in [-0.2, 0) is 15.3 Å². The quantitative estimate of drug-likeness (QED) is 0.761. The van der Waals surface area contributed by atoms with Gasteiger partial charge in [-0.15, -0.1) is 0 Å². The van der Waals surface area contributed by atoms with Crippen molar-refractivity contribution < 1.29 is 8.42 Å². The first-order valence-corrected chi connectivity index (χ1v) is 9.65. The minimum atomic E-state index is -3.06. The first kappa shape index (κ1) is 16.3. The molecule has 0 spiro atoms. The molecule has 2 nitrogen and oxygen atoms in total. The van der Waals surface area contributed by atoms with Gasteiger partial charge in [-0.25, -0.2) is 8.42 Å². The number of hydrogen-bond donors (Lipinski definition) is 0. The molecular weight excluding hydrogens is 280 g/mol. The van der Waals surface area contributed by atoms with E-state index in [0.717, 1.165) is 18.4 Å². The van der Waals surface area contributed by atoms with Crippen LogP contribution in [0.15, 0.2) is 42.0 Å². The molecule has 2 rings (SSSR count). The third kappa shape index (κ3) is 4.99. The maximum absolute atomic E-state index is 12.4. The largest absolute Gasteiger partial charge is 0.228 e. The van der Waals surface area contributed by atoms with E-state index in [1.54, 1.807) is 0 Å². The molecule has 21 heavy (non-hydrogen) atoms. The first-order valence-electron chi connectivity index (χ1n) is 7.83. The zero-order chi connectivity index (χ0) is 15.3. The van der Waals surface area contributed by atoms with Gasteiger partial charge in [0.25, 0.3) is 0 Å². The van der Waals surface area contributed by atoms with E-state index in [-0.39, 0.29) is 16.9 Å². The Morgan fingerprint density at radius 3 is 2.29 bits per heavy atom. The highest BCUT2D eigenvalue weighted by Gasteiger charge is 2.27. The fraction of sp³-hybridized carbons (Fsp3) is 0.556. The van der Waals surface area contributed by atoms with Gasteiger partial charge in [0.2, 0.25) is 0 Å². The molecule has 0 aromatic heterocycles. The Bertz CT molecular complexity index is 575. The van der Waals surface area contributed by atoms with Crippen LogP contribution in [0.2, 0.25) is 0 Å². The molecule has 3 heteroatoms. The third-order valence-electron chi connectivity index (χ3n) is 4.26. The van der Waals surface area contributed by atoms with Crippen molar-refractivity contribution in [3.63, 3.8) is 0 Å². The monoisotopic (exact) mass is 306 g/mol. The van der Waals surface area contributed by atoms with E-state index in [4.69, 9.17) is 0 Å². The van der Waals surface area contributed by atoms with Crippen LogP contribution >= 0.6 is 0 Å². The fourth-order valence-corrected chi connectivity index (χ4v) is 4.91. The van der Waals surface area contributed by atoms with Gasteiger partial charge >= 0.3 is 0 Å². The average Bonchev–Trinajstić information content (AvgIpc) is 2.46. The molecule has 0 unspecified atom stereocenters. The number of sulfone groups is 1. The van der Waals surface area contributed by atoms with E-state index in [1.165, 1.54) is 24.8 Å². The second kappa shape index (κ2) is 6.78. The minimum Gasteiger partial charge on any atom is -0.228 e. The van der Waals surface area contributed by atoms with Gasteiger partial charge in [0.1, 0.15) is 0 Å². The second-order valence-corrected chi connectivity index (χ2v) is 8.84. The number of allylic oxidation sites excluding steroid dienone is 1. The fourth-order valence-electron chi connectivity index (χ4n) is 3.04. The maximum Gasteiger partial charge on any atom is 0.154 e. The van der Waals surface area contributed by atoms with E-state index in [9.17, 15) is 8.42 Å². The number of rotatable bonds is 5. The summed E-state index contributed by atoms with van der Waals surface area (Å²) in [5, 5.41) is 0. The topological polar surface area (TPSA) is 34.1 Å². The van der Waals surface area contributed by atoms with Gasteiger partial charge in [-0.05, 0) is 31.2 Å². The highest BCUT2D eigenvalue weighted by atomic mass is 32.2. The molecule has 0 radical (unpaired) electrons. The van der Waals surface area contributed by atoms with Crippen LogP contribution in [0.25, 0.3) is 0 Å². The molecule has 1 aliphatic rings. The summed E-state index contributed by atoms with van der Waals surface area (Å²) in [5.41, 5.74) is 2.08. The van der Waals surface area contributed by atoms with E-state index < -0.39 is 9.84 Å². The van der Waals surface area contributed by atoms with Crippen molar-refractivity contribution in [3.05, 3.63) is 47.5 Å². The molecule has 0 atom stereocenters. The Hall–Kier alpha value is -1.09. The Labute approximate surface area is 129 Å². The van der Waals surface area contributed by atoms with Gasteiger partial charge < -0.3 is 0 Å². The van der Waals surface area contributed by atoms with Gasteiger partial charge in [0.05, 0.1) is 11.5 Å². The van der Waals surface area contributed by atoms with Crippen molar-refractivity contribution in [2.45, 2.75) is 51.4 Å². The number of benzene rings is 1. The second-order valence-electron chi connectivity index (χ2n) is 6.73. The molecule has 1 aromatic rings. The molecule has 1 aliphatic carbocycles. The van der Waals surface area contributed by atoms with Crippen LogP contribution in [0.4, 0.5) is 0 Å². The van der Waals surface area contributed by atoms with E-state index in [2.05, 4.69) is 0 Å². The van der Waals surface area contributed by atoms with Gasteiger partial charge in [0.15, 0.2) is 9.84 Å². The lowest BCUT2D eigenvalue weighted by Gasteiger charge is -2.25. The Morgan fingerprint density at radius 2 is 1.67 bits per heavy atom. The van der Waals surface area contributed by atoms with Gasteiger partial charge in [-0.2, -0.15) is 0 Å². The smallest absolute Gasteiger partial charge is 0.154 e. The third-order valence-corrected chi connectivity index (χ3v) is 6.09. The lowest BCUT2D eigenvalue weighted by Crippen LogP contribution is -2.29. The van der Waals surface area contributed by atoms with Crippen molar-refractivity contribution in [2.75, 3.05) is 11.5 Å².